The van der Waals surface area contributed by atoms with Gasteiger partial charge in [0.1, 0.15) is 5.75 Å². The molecule has 51 heavy (non-hydrogen) atoms. The Kier molecular flexibility index (Phi) is 16.2. The molecule has 0 fully saturated rings. The number of pyridine rings is 1. The standard InChI is InChI=1S/C30H32N2O.C14H14.2C2H6/c1-20(2)22-13-16-25(17-14-22)31-30(26-18-15-24(21(3)4)19-29(26)33)28-12-8-11-27(32-28)23-9-6-5-7-10-23;1-11-7-3-5-9-13(11)14-10-6-4-8-12(14)2;2*1-2/h5-21,30-31,33H,1-4H3;3-10H,1-2H3;2*1-2H3. The Balaban J connectivity index is 0.000000324. The van der Waals surface area contributed by atoms with Gasteiger partial charge in [-0.05, 0) is 89.4 Å². The van der Waals surface area contributed by atoms with Crippen LogP contribution in [0.5, 0.6) is 5.75 Å². The van der Waals surface area contributed by atoms with E-state index in [0.29, 0.717) is 11.8 Å². The predicted molar refractivity (Wildman–Crippen MR) is 222 cm³/mol. The van der Waals surface area contributed by atoms with Gasteiger partial charge >= 0.3 is 0 Å². The van der Waals surface area contributed by atoms with Crippen molar-refractivity contribution in [3.8, 4) is 28.1 Å². The van der Waals surface area contributed by atoms with Crippen molar-refractivity contribution in [1.82, 2.24) is 4.98 Å². The van der Waals surface area contributed by atoms with Crippen molar-refractivity contribution in [3.05, 3.63) is 173 Å². The quantitative estimate of drug-likeness (QED) is 0.168. The van der Waals surface area contributed by atoms with Crippen molar-refractivity contribution in [2.24, 2.45) is 0 Å². The van der Waals surface area contributed by atoms with Crippen LogP contribution in [0.15, 0.2) is 140 Å². The van der Waals surface area contributed by atoms with Gasteiger partial charge in [-0.15, -0.1) is 0 Å². The molecule has 0 saturated carbocycles. The van der Waals surface area contributed by atoms with E-state index in [2.05, 4.69) is 138 Å². The first kappa shape index (κ1) is 40.3. The molecule has 1 atom stereocenters. The number of anilines is 1. The van der Waals surface area contributed by atoms with Crippen molar-refractivity contribution >= 4 is 5.69 Å². The molecule has 1 aromatic heterocycles. The van der Waals surface area contributed by atoms with Crippen LogP contribution < -0.4 is 5.32 Å². The Morgan fingerprint density at radius 2 is 1.04 bits per heavy atom. The van der Waals surface area contributed by atoms with Crippen molar-refractivity contribution in [3.63, 3.8) is 0 Å². The van der Waals surface area contributed by atoms with Gasteiger partial charge in [0.15, 0.2) is 0 Å². The molecule has 0 saturated heterocycles. The summed E-state index contributed by atoms with van der Waals surface area (Å²) in [5.74, 6) is 1.11. The van der Waals surface area contributed by atoms with Crippen LogP contribution in [0.4, 0.5) is 5.69 Å². The number of hydrogen-bond acceptors (Lipinski definition) is 3. The Labute approximate surface area is 308 Å². The third kappa shape index (κ3) is 11.2. The van der Waals surface area contributed by atoms with Crippen LogP contribution in [0.25, 0.3) is 22.4 Å². The van der Waals surface area contributed by atoms with Gasteiger partial charge in [-0.1, -0.05) is 165 Å². The molecule has 5 aromatic carbocycles. The van der Waals surface area contributed by atoms with E-state index in [1.807, 2.05) is 76.2 Å². The molecule has 0 amide bonds. The average Bonchev–Trinajstić information content (AvgIpc) is 3.17. The Bertz CT molecular complexity index is 1850. The van der Waals surface area contributed by atoms with Crippen LogP contribution in [0, 0.1) is 13.8 Å². The summed E-state index contributed by atoms with van der Waals surface area (Å²) in [6, 6.07) is 47.4. The van der Waals surface area contributed by atoms with E-state index in [0.717, 1.165) is 33.8 Å². The first-order valence-electron chi connectivity index (χ1n) is 18.5. The molecule has 0 aliphatic carbocycles. The first-order chi connectivity index (χ1) is 24.7. The summed E-state index contributed by atoms with van der Waals surface area (Å²) in [6.07, 6.45) is 0. The molecule has 0 bridgehead atoms. The lowest BCUT2D eigenvalue weighted by Gasteiger charge is -2.23. The molecule has 6 rings (SSSR count). The fourth-order valence-electron chi connectivity index (χ4n) is 5.74. The Hall–Kier alpha value is -5.15. The molecule has 0 aliphatic rings. The fraction of sp³-hybridized carbons (Fsp3) is 0.271. The van der Waals surface area contributed by atoms with Gasteiger partial charge in [0, 0.05) is 16.8 Å². The van der Waals surface area contributed by atoms with Crippen molar-refractivity contribution in [2.75, 3.05) is 5.32 Å². The zero-order valence-corrected chi connectivity index (χ0v) is 32.4. The third-order valence-corrected chi connectivity index (χ3v) is 8.64. The van der Waals surface area contributed by atoms with Gasteiger partial charge in [-0.25, -0.2) is 0 Å². The largest absolute Gasteiger partial charge is 0.508 e. The monoisotopic (exact) mass is 678 g/mol. The fourth-order valence-corrected chi connectivity index (χ4v) is 5.74. The number of nitrogens with one attached hydrogen (secondary N) is 1. The van der Waals surface area contributed by atoms with E-state index in [-0.39, 0.29) is 11.8 Å². The zero-order chi connectivity index (χ0) is 37.3. The topological polar surface area (TPSA) is 45.2 Å². The summed E-state index contributed by atoms with van der Waals surface area (Å²) >= 11 is 0. The number of hydrogen-bond donors (Lipinski definition) is 2. The second-order valence-corrected chi connectivity index (χ2v) is 12.8. The number of aromatic nitrogens is 1. The van der Waals surface area contributed by atoms with Crippen LogP contribution in [-0.4, -0.2) is 10.1 Å². The molecule has 2 N–H and O–H groups in total. The summed E-state index contributed by atoms with van der Waals surface area (Å²) in [6.45, 7) is 21.0. The number of nitrogens with zero attached hydrogens (tertiary/aromatic N) is 1. The van der Waals surface area contributed by atoms with Gasteiger partial charge in [-0.3, -0.25) is 4.98 Å². The summed E-state index contributed by atoms with van der Waals surface area (Å²) in [5, 5.41) is 14.6. The molecule has 3 heteroatoms. The van der Waals surface area contributed by atoms with Gasteiger partial charge in [-0.2, -0.15) is 0 Å². The van der Waals surface area contributed by atoms with Gasteiger partial charge in [0.25, 0.3) is 0 Å². The van der Waals surface area contributed by atoms with Crippen LogP contribution >= 0.6 is 0 Å². The lowest BCUT2D eigenvalue weighted by molar-refractivity contribution is 0.465. The number of aryl methyl sites for hydroxylation is 2. The number of phenolic OH excluding ortho intramolecular Hbond substituents is 1. The Morgan fingerprint density at radius 1 is 0.529 bits per heavy atom. The maximum absolute atomic E-state index is 11.0. The minimum absolute atomic E-state index is 0.282. The van der Waals surface area contributed by atoms with Crippen molar-refractivity contribution in [1.29, 1.82) is 0 Å². The summed E-state index contributed by atoms with van der Waals surface area (Å²) in [5.41, 5.74) is 12.4. The van der Waals surface area contributed by atoms with Gasteiger partial charge in [0.05, 0.1) is 17.4 Å². The smallest absolute Gasteiger partial charge is 0.121 e. The molecule has 1 heterocycles. The highest BCUT2D eigenvalue weighted by molar-refractivity contribution is 5.70. The number of rotatable bonds is 8. The van der Waals surface area contributed by atoms with Crippen molar-refractivity contribution < 1.29 is 5.11 Å². The predicted octanol–water partition coefficient (Wildman–Crippen LogP) is 13.9. The number of phenols is 1. The first-order valence-corrected chi connectivity index (χ1v) is 18.5. The third-order valence-electron chi connectivity index (χ3n) is 8.64. The van der Waals surface area contributed by atoms with Crippen LogP contribution in [0.1, 0.15) is 107 Å². The summed E-state index contributed by atoms with van der Waals surface area (Å²) in [7, 11) is 0. The molecule has 0 aliphatic heterocycles. The second kappa shape index (κ2) is 20.5. The normalized spacial score (nSPS) is 10.9. The van der Waals surface area contributed by atoms with Crippen LogP contribution in [0.2, 0.25) is 0 Å². The van der Waals surface area contributed by atoms with Crippen LogP contribution in [0.3, 0.4) is 0 Å². The molecule has 0 radical (unpaired) electrons. The molecule has 6 aromatic rings. The Morgan fingerprint density at radius 3 is 1.55 bits per heavy atom. The average molecular weight is 679 g/mol. The number of aromatic hydroxyl groups is 1. The minimum atomic E-state index is -0.292. The van der Waals surface area contributed by atoms with E-state index in [1.165, 1.54) is 27.8 Å². The van der Waals surface area contributed by atoms with Crippen LogP contribution in [-0.2, 0) is 0 Å². The van der Waals surface area contributed by atoms with E-state index < -0.39 is 0 Å². The zero-order valence-electron chi connectivity index (χ0n) is 32.4. The highest BCUT2D eigenvalue weighted by Gasteiger charge is 2.21. The molecular weight excluding hydrogens is 621 g/mol. The summed E-state index contributed by atoms with van der Waals surface area (Å²) < 4.78 is 0. The molecular formula is C48H58N2O. The molecule has 0 spiro atoms. The maximum Gasteiger partial charge on any atom is 0.121 e. The van der Waals surface area contributed by atoms with E-state index in [9.17, 15) is 5.11 Å². The van der Waals surface area contributed by atoms with Crippen molar-refractivity contribution in [2.45, 2.75) is 87.1 Å². The van der Waals surface area contributed by atoms with Gasteiger partial charge < -0.3 is 10.4 Å². The maximum atomic E-state index is 11.0. The highest BCUT2D eigenvalue weighted by atomic mass is 16.3. The summed E-state index contributed by atoms with van der Waals surface area (Å²) in [4.78, 5) is 4.99. The second-order valence-electron chi connectivity index (χ2n) is 12.8. The lowest BCUT2D eigenvalue weighted by Crippen LogP contribution is -2.15. The molecule has 1 unspecified atom stereocenters. The number of benzene rings is 5. The van der Waals surface area contributed by atoms with E-state index in [1.54, 1.807) is 0 Å². The molecule has 266 valence electrons. The van der Waals surface area contributed by atoms with E-state index in [4.69, 9.17) is 4.98 Å². The lowest BCUT2D eigenvalue weighted by atomic mass is 9.95. The van der Waals surface area contributed by atoms with E-state index >= 15 is 0 Å². The molecule has 3 nitrogen and oxygen atoms in total. The SMILES string of the molecule is CC.CC.CC(C)c1ccc(NC(c2cccc(-c3ccccc3)n2)c2ccc(C(C)C)cc2O)cc1.Cc1ccccc1-c1ccccc1C. The van der Waals surface area contributed by atoms with Gasteiger partial charge in [0.2, 0.25) is 0 Å². The minimum Gasteiger partial charge on any atom is -0.508 e. The highest BCUT2D eigenvalue weighted by Crippen LogP contribution is 2.35.